The van der Waals surface area contributed by atoms with Gasteiger partial charge in [-0.3, -0.25) is 9.69 Å². The summed E-state index contributed by atoms with van der Waals surface area (Å²) in [6.07, 6.45) is 1.08. The van der Waals surface area contributed by atoms with Gasteiger partial charge in [0.05, 0.1) is 0 Å². The number of ether oxygens (including phenoxy) is 1. The molecule has 19 heavy (non-hydrogen) atoms. The summed E-state index contributed by atoms with van der Waals surface area (Å²) in [7, 11) is 0. The molecule has 0 spiro atoms. The van der Waals surface area contributed by atoms with Crippen LogP contribution in [0.1, 0.15) is 25.3 Å². The Morgan fingerprint density at radius 1 is 1.32 bits per heavy atom. The number of carbonyl (C=O) groups excluding carboxylic acids is 1. The van der Waals surface area contributed by atoms with Crippen LogP contribution in [0.4, 0.5) is 4.79 Å². The number of nitrogens with zero attached hydrogens (tertiary/aromatic N) is 1. The topological polar surface area (TPSA) is 66.8 Å². The number of rotatable bonds is 5. The molecule has 1 aliphatic carbocycles. The van der Waals surface area contributed by atoms with Gasteiger partial charge in [0.15, 0.2) is 0 Å². The lowest BCUT2D eigenvalue weighted by Crippen LogP contribution is -2.43. The van der Waals surface area contributed by atoms with E-state index in [2.05, 4.69) is 0 Å². The second kappa shape index (κ2) is 5.30. The quantitative estimate of drug-likeness (QED) is 0.884. The summed E-state index contributed by atoms with van der Waals surface area (Å²) < 4.78 is 5.18. The Morgan fingerprint density at radius 3 is 2.47 bits per heavy atom. The average Bonchev–Trinajstić information content (AvgIpc) is 3.13. The Balaban J connectivity index is 1.94. The van der Waals surface area contributed by atoms with Crippen molar-refractivity contribution in [2.45, 2.75) is 31.9 Å². The molecule has 1 aromatic carbocycles. The molecule has 0 bridgehead atoms. The van der Waals surface area contributed by atoms with E-state index in [1.54, 1.807) is 0 Å². The van der Waals surface area contributed by atoms with E-state index in [1.807, 2.05) is 37.3 Å². The van der Waals surface area contributed by atoms with Crippen LogP contribution in [0.3, 0.4) is 0 Å². The molecule has 1 amide bonds. The van der Waals surface area contributed by atoms with Gasteiger partial charge in [0, 0.05) is 5.54 Å². The van der Waals surface area contributed by atoms with E-state index >= 15 is 0 Å². The van der Waals surface area contributed by atoms with Gasteiger partial charge in [0.25, 0.3) is 0 Å². The first-order valence-corrected chi connectivity index (χ1v) is 6.21. The van der Waals surface area contributed by atoms with Crippen molar-refractivity contribution < 1.29 is 19.4 Å². The Hall–Kier alpha value is -2.04. The van der Waals surface area contributed by atoms with Gasteiger partial charge in [-0.15, -0.1) is 0 Å². The lowest BCUT2D eigenvalue weighted by Gasteiger charge is -2.26. The standard InChI is InChI=1S/C14H17NO4/c1-14(7-8-14)15(9-12(16)17)13(18)19-10-11-5-3-2-4-6-11/h2-6H,7-10H2,1H3,(H,16,17). The number of amides is 1. The molecule has 0 unspecified atom stereocenters. The molecule has 0 aromatic heterocycles. The molecule has 0 aliphatic heterocycles. The molecule has 0 radical (unpaired) electrons. The molecule has 0 heterocycles. The van der Waals surface area contributed by atoms with Gasteiger partial charge in [0.2, 0.25) is 0 Å². The third kappa shape index (κ3) is 3.47. The molecule has 5 nitrogen and oxygen atoms in total. The Kier molecular flexibility index (Phi) is 3.74. The largest absolute Gasteiger partial charge is 0.480 e. The molecule has 1 saturated carbocycles. The molecule has 1 aliphatic rings. The number of hydrogen-bond acceptors (Lipinski definition) is 3. The highest BCUT2D eigenvalue weighted by Crippen LogP contribution is 2.41. The Bertz CT molecular complexity index is 468. The molecule has 1 aromatic rings. The maximum Gasteiger partial charge on any atom is 0.411 e. The predicted molar refractivity (Wildman–Crippen MR) is 68.6 cm³/mol. The van der Waals surface area contributed by atoms with Crippen LogP contribution in [0.15, 0.2) is 30.3 Å². The smallest absolute Gasteiger partial charge is 0.411 e. The first-order chi connectivity index (χ1) is 9.01. The van der Waals surface area contributed by atoms with Crippen molar-refractivity contribution in [3.05, 3.63) is 35.9 Å². The van der Waals surface area contributed by atoms with Crippen LogP contribution >= 0.6 is 0 Å². The van der Waals surface area contributed by atoms with Crippen molar-refractivity contribution in [2.75, 3.05) is 6.54 Å². The molecular formula is C14H17NO4. The molecule has 0 saturated heterocycles. The van der Waals surface area contributed by atoms with Gasteiger partial charge >= 0.3 is 12.1 Å². The van der Waals surface area contributed by atoms with Crippen LogP contribution in [0.2, 0.25) is 0 Å². The SMILES string of the molecule is CC1(N(CC(=O)O)C(=O)OCc2ccccc2)CC1. The van der Waals surface area contributed by atoms with Crippen molar-refractivity contribution in [3.63, 3.8) is 0 Å². The molecule has 5 heteroatoms. The minimum Gasteiger partial charge on any atom is -0.480 e. The second-order valence-corrected chi connectivity index (χ2v) is 5.02. The molecule has 1 fully saturated rings. The van der Waals surface area contributed by atoms with Crippen LogP contribution < -0.4 is 0 Å². The summed E-state index contributed by atoms with van der Waals surface area (Å²) >= 11 is 0. The van der Waals surface area contributed by atoms with Crippen LogP contribution in [0.25, 0.3) is 0 Å². The molecule has 0 atom stereocenters. The Morgan fingerprint density at radius 2 is 1.95 bits per heavy atom. The minimum absolute atomic E-state index is 0.159. The molecule has 1 N–H and O–H groups in total. The summed E-state index contributed by atoms with van der Waals surface area (Å²) in [5, 5.41) is 8.86. The number of benzene rings is 1. The van der Waals surface area contributed by atoms with E-state index in [-0.39, 0.29) is 18.7 Å². The zero-order chi connectivity index (χ0) is 13.9. The lowest BCUT2D eigenvalue weighted by atomic mass is 10.2. The van der Waals surface area contributed by atoms with E-state index < -0.39 is 12.1 Å². The highest BCUT2D eigenvalue weighted by Gasteiger charge is 2.47. The lowest BCUT2D eigenvalue weighted by molar-refractivity contribution is -0.138. The van der Waals surface area contributed by atoms with Gasteiger partial charge < -0.3 is 9.84 Å². The maximum atomic E-state index is 12.0. The molecule has 2 rings (SSSR count). The number of carbonyl (C=O) groups is 2. The van der Waals surface area contributed by atoms with Gasteiger partial charge in [0.1, 0.15) is 13.2 Å². The van der Waals surface area contributed by atoms with Crippen LogP contribution in [0, 0.1) is 0 Å². The van der Waals surface area contributed by atoms with Crippen molar-refractivity contribution >= 4 is 12.1 Å². The highest BCUT2D eigenvalue weighted by molar-refractivity contribution is 5.77. The van der Waals surface area contributed by atoms with E-state index in [0.717, 1.165) is 18.4 Å². The summed E-state index contributed by atoms with van der Waals surface area (Å²) in [6, 6.07) is 9.31. The third-order valence-corrected chi connectivity index (χ3v) is 3.34. The number of carboxylic acid groups (broad SMARTS) is 1. The van der Waals surface area contributed by atoms with Gasteiger partial charge in [-0.05, 0) is 25.3 Å². The summed E-state index contributed by atoms with van der Waals surface area (Å²) in [4.78, 5) is 24.1. The first-order valence-electron chi connectivity index (χ1n) is 6.21. The van der Waals surface area contributed by atoms with Crippen LogP contribution in [-0.2, 0) is 16.1 Å². The van der Waals surface area contributed by atoms with Gasteiger partial charge in [-0.2, -0.15) is 0 Å². The predicted octanol–water partition coefficient (Wildman–Crippen LogP) is 2.26. The van der Waals surface area contributed by atoms with E-state index in [1.165, 1.54) is 4.90 Å². The Labute approximate surface area is 111 Å². The zero-order valence-electron chi connectivity index (χ0n) is 10.8. The van der Waals surface area contributed by atoms with Crippen LogP contribution in [0.5, 0.6) is 0 Å². The van der Waals surface area contributed by atoms with Crippen molar-refractivity contribution in [2.24, 2.45) is 0 Å². The summed E-state index contributed by atoms with van der Waals surface area (Å²) in [6.45, 7) is 1.72. The van der Waals surface area contributed by atoms with E-state index in [4.69, 9.17) is 9.84 Å². The van der Waals surface area contributed by atoms with E-state index in [0.29, 0.717) is 0 Å². The third-order valence-electron chi connectivity index (χ3n) is 3.34. The van der Waals surface area contributed by atoms with Crippen molar-refractivity contribution in [3.8, 4) is 0 Å². The monoisotopic (exact) mass is 263 g/mol. The van der Waals surface area contributed by atoms with Crippen LogP contribution in [-0.4, -0.2) is 34.2 Å². The average molecular weight is 263 g/mol. The highest BCUT2D eigenvalue weighted by atomic mass is 16.6. The van der Waals surface area contributed by atoms with Crippen molar-refractivity contribution in [1.29, 1.82) is 0 Å². The summed E-state index contributed by atoms with van der Waals surface area (Å²) in [5.41, 5.74) is 0.527. The summed E-state index contributed by atoms with van der Waals surface area (Å²) in [5.74, 6) is -1.02. The van der Waals surface area contributed by atoms with E-state index in [9.17, 15) is 9.59 Å². The normalized spacial score (nSPS) is 15.6. The maximum absolute atomic E-state index is 12.0. The second-order valence-electron chi connectivity index (χ2n) is 5.02. The number of aliphatic carboxylic acids is 1. The fourth-order valence-corrected chi connectivity index (χ4v) is 1.86. The number of carboxylic acids is 1. The fourth-order valence-electron chi connectivity index (χ4n) is 1.86. The first kappa shape index (κ1) is 13.4. The van der Waals surface area contributed by atoms with Gasteiger partial charge in [-0.25, -0.2) is 4.79 Å². The molecule has 102 valence electrons. The van der Waals surface area contributed by atoms with Gasteiger partial charge in [-0.1, -0.05) is 30.3 Å². The fraction of sp³-hybridized carbons (Fsp3) is 0.429. The zero-order valence-corrected chi connectivity index (χ0v) is 10.8. The van der Waals surface area contributed by atoms with Crippen molar-refractivity contribution in [1.82, 2.24) is 4.90 Å². The number of hydrogen-bond donors (Lipinski definition) is 1. The molecular weight excluding hydrogens is 246 g/mol. The minimum atomic E-state index is -1.02.